The summed E-state index contributed by atoms with van der Waals surface area (Å²) in [6.07, 6.45) is 0.967. The minimum Gasteiger partial charge on any atom is -0.324 e. The molecule has 84 valence electrons. The summed E-state index contributed by atoms with van der Waals surface area (Å²) < 4.78 is 0. The van der Waals surface area contributed by atoms with E-state index in [4.69, 9.17) is 5.73 Å². The van der Waals surface area contributed by atoms with Crippen LogP contribution in [0, 0.1) is 0 Å². The summed E-state index contributed by atoms with van der Waals surface area (Å²) in [4.78, 5) is 0. The number of nitrogens with one attached hydrogen (secondary N) is 1. The minimum absolute atomic E-state index is 0.122. The van der Waals surface area contributed by atoms with Gasteiger partial charge in [0.1, 0.15) is 0 Å². The smallest absolute Gasteiger partial charge is 0.0307 e. The van der Waals surface area contributed by atoms with E-state index in [0.717, 1.165) is 13.0 Å². The van der Waals surface area contributed by atoms with Gasteiger partial charge in [-0.1, -0.05) is 36.4 Å². The molecule has 0 fully saturated rings. The zero-order valence-electron chi connectivity index (χ0n) is 9.61. The van der Waals surface area contributed by atoms with Crippen LogP contribution in [0.25, 0.3) is 10.8 Å². The van der Waals surface area contributed by atoms with Crippen LogP contribution >= 0.6 is 0 Å². The molecule has 0 aliphatic carbocycles. The first-order valence-corrected chi connectivity index (χ1v) is 5.70. The second-order valence-corrected chi connectivity index (χ2v) is 4.11. The third-order valence-electron chi connectivity index (χ3n) is 2.91. The van der Waals surface area contributed by atoms with Crippen molar-refractivity contribution < 1.29 is 0 Å². The van der Waals surface area contributed by atoms with Gasteiger partial charge in [-0.25, -0.2) is 0 Å². The minimum atomic E-state index is 0.122. The number of hydrogen-bond donors (Lipinski definition) is 2. The molecule has 2 aromatic rings. The highest BCUT2D eigenvalue weighted by atomic mass is 14.8. The van der Waals surface area contributed by atoms with Gasteiger partial charge in [0.25, 0.3) is 0 Å². The summed E-state index contributed by atoms with van der Waals surface area (Å²) in [5.41, 5.74) is 7.35. The molecule has 16 heavy (non-hydrogen) atoms. The second-order valence-electron chi connectivity index (χ2n) is 4.11. The van der Waals surface area contributed by atoms with E-state index in [-0.39, 0.29) is 6.04 Å². The van der Waals surface area contributed by atoms with Gasteiger partial charge in [-0.3, -0.25) is 0 Å². The van der Waals surface area contributed by atoms with E-state index in [1.807, 2.05) is 7.05 Å². The Labute approximate surface area is 96.5 Å². The van der Waals surface area contributed by atoms with Crippen molar-refractivity contribution in [3.05, 3.63) is 48.0 Å². The van der Waals surface area contributed by atoms with Crippen LogP contribution in [0.3, 0.4) is 0 Å². The maximum absolute atomic E-state index is 6.13. The summed E-state index contributed by atoms with van der Waals surface area (Å²) >= 11 is 0. The van der Waals surface area contributed by atoms with Gasteiger partial charge in [0.15, 0.2) is 0 Å². The number of benzene rings is 2. The number of fused-ring (bicyclic) bond motifs is 1. The third-order valence-corrected chi connectivity index (χ3v) is 2.91. The van der Waals surface area contributed by atoms with Gasteiger partial charge >= 0.3 is 0 Å². The molecule has 3 N–H and O–H groups in total. The lowest BCUT2D eigenvalue weighted by Gasteiger charge is -2.12. The molecule has 2 nitrogen and oxygen atoms in total. The lowest BCUT2D eigenvalue weighted by atomic mass is 10.0. The number of nitrogens with two attached hydrogens (primary N) is 1. The average molecular weight is 214 g/mol. The fraction of sp³-hybridized carbons (Fsp3) is 0.286. The molecule has 0 aliphatic rings. The fourth-order valence-electron chi connectivity index (χ4n) is 1.90. The van der Waals surface area contributed by atoms with Gasteiger partial charge in [-0.2, -0.15) is 0 Å². The van der Waals surface area contributed by atoms with Crippen LogP contribution in [0.2, 0.25) is 0 Å². The predicted octanol–water partition coefficient (Wildman–Crippen LogP) is 2.45. The highest BCUT2D eigenvalue weighted by molar-refractivity contribution is 5.83. The van der Waals surface area contributed by atoms with Gasteiger partial charge in [-0.05, 0) is 42.4 Å². The van der Waals surface area contributed by atoms with E-state index in [1.165, 1.54) is 16.3 Å². The Bertz CT molecular complexity index is 465. The van der Waals surface area contributed by atoms with Crippen molar-refractivity contribution in [3.63, 3.8) is 0 Å². The largest absolute Gasteiger partial charge is 0.324 e. The van der Waals surface area contributed by atoms with Gasteiger partial charge in [0.05, 0.1) is 0 Å². The van der Waals surface area contributed by atoms with E-state index >= 15 is 0 Å². The topological polar surface area (TPSA) is 38.0 Å². The Morgan fingerprint density at radius 1 is 1.12 bits per heavy atom. The van der Waals surface area contributed by atoms with Gasteiger partial charge in [-0.15, -0.1) is 0 Å². The van der Waals surface area contributed by atoms with E-state index in [1.54, 1.807) is 0 Å². The van der Waals surface area contributed by atoms with Crippen molar-refractivity contribution in [2.75, 3.05) is 13.6 Å². The molecular weight excluding hydrogens is 196 g/mol. The highest BCUT2D eigenvalue weighted by Gasteiger charge is 2.05. The molecule has 0 heterocycles. The molecule has 0 saturated heterocycles. The van der Waals surface area contributed by atoms with Crippen LogP contribution in [-0.4, -0.2) is 13.6 Å². The zero-order valence-corrected chi connectivity index (χ0v) is 9.61. The Morgan fingerprint density at radius 2 is 1.88 bits per heavy atom. The van der Waals surface area contributed by atoms with Crippen LogP contribution in [0.1, 0.15) is 18.0 Å². The zero-order chi connectivity index (χ0) is 11.4. The molecule has 1 unspecified atom stereocenters. The molecule has 1 atom stereocenters. The lowest BCUT2D eigenvalue weighted by Crippen LogP contribution is -2.17. The lowest BCUT2D eigenvalue weighted by molar-refractivity contribution is 0.616. The van der Waals surface area contributed by atoms with Crippen LogP contribution < -0.4 is 11.1 Å². The van der Waals surface area contributed by atoms with E-state index < -0.39 is 0 Å². The first-order valence-electron chi connectivity index (χ1n) is 5.70. The molecule has 2 heteroatoms. The summed E-state index contributed by atoms with van der Waals surface area (Å²) in [6, 6.07) is 15.0. The third kappa shape index (κ3) is 2.40. The Balaban J connectivity index is 2.25. The highest BCUT2D eigenvalue weighted by Crippen LogP contribution is 2.20. The Hall–Kier alpha value is -1.38. The molecule has 0 aromatic heterocycles. The number of rotatable bonds is 4. The van der Waals surface area contributed by atoms with Crippen molar-refractivity contribution in [2.24, 2.45) is 5.73 Å². The Kier molecular flexibility index (Phi) is 3.54. The van der Waals surface area contributed by atoms with Crippen molar-refractivity contribution in [1.82, 2.24) is 5.32 Å². The normalized spacial score (nSPS) is 12.9. The molecule has 2 aromatic carbocycles. The van der Waals surface area contributed by atoms with Crippen molar-refractivity contribution in [1.29, 1.82) is 0 Å². The van der Waals surface area contributed by atoms with Crippen molar-refractivity contribution >= 4 is 10.8 Å². The molecule has 0 aliphatic heterocycles. The first kappa shape index (κ1) is 11.1. The quantitative estimate of drug-likeness (QED) is 0.820. The standard InChI is InChI=1S/C14H18N2/c1-16-9-8-14(15)13-7-6-11-4-2-3-5-12(11)10-13/h2-7,10,14,16H,8-9,15H2,1H3. The van der Waals surface area contributed by atoms with Crippen molar-refractivity contribution in [2.45, 2.75) is 12.5 Å². The van der Waals surface area contributed by atoms with Crippen LogP contribution in [0.4, 0.5) is 0 Å². The predicted molar refractivity (Wildman–Crippen MR) is 69.4 cm³/mol. The van der Waals surface area contributed by atoms with E-state index in [9.17, 15) is 0 Å². The molecule has 2 rings (SSSR count). The second kappa shape index (κ2) is 5.10. The van der Waals surface area contributed by atoms with Crippen LogP contribution in [-0.2, 0) is 0 Å². The average Bonchev–Trinajstić information content (AvgIpc) is 2.35. The molecule has 0 radical (unpaired) electrons. The van der Waals surface area contributed by atoms with Gasteiger partial charge in [0.2, 0.25) is 0 Å². The molecule has 0 amide bonds. The van der Waals surface area contributed by atoms with Crippen LogP contribution in [0.5, 0.6) is 0 Å². The van der Waals surface area contributed by atoms with E-state index in [2.05, 4.69) is 47.8 Å². The SMILES string of the molecule is CNCCC(N)c1ccc2ccccc2c1. The first-order chi connectivity index (χ1) is 7.81. The number of hydrogen-bond acceptors (Lipinski definition) is 2. The molecular formula is C14H18N2. The van der Waals surface area contributed by atoms with Gasteiger partial charge in [0, 0.05) is 6.04 Å². The molecule has 0 spiro atoms. The molecule has 0 bridgehead atoms. The summed E-state index contributed by atoms with van der Waals surface area (Å²) in [5, 5.41) is 5.66. The Morgan fingerprint density at radius 3 is 2.62 bits per heavy atom. The summed E-state index contributed by atoms with van der Waals surface area (Å²) in [5.74, 6) is 0. The van der Waals surface area contributed by atoms with E-state index in [0.29, 0.717) is 0 Å². The fourth-order valence-corrected chi connectivity index (χ4v) is 1.90. The monoisotopic (exact) mass is 214 g/mol. The maximum Gasteiger partial charge on any atom is 0.0307 e. The van der Waals surface area contributed by atoms with Gasteiger partial charge < -0.3 is 11.1 Å². The van der Waals surface area contributed by atoms with Crippen molar-refractivity contribution in [3.8, 4) is 0 Å². The molecule has 0 saturated carbocycles. The van der Waals surface area contributed by atoms with Crippen LogP contribution in [0.15, 0.2) is 42.5 Å². The summed E-state index contributed by atoms with van der Waals surface area (Å²) in [7, 11) is 1.95. The maximum atomic E-state index is 6.13. The summed E-state index contributed by atoms with van der Waals surface area (Å²) in [6.45, 7) is 0.952.